The van der Waals surface area contributed by atoms with E-state index in [1.54, 1.807) is 6.92 Å². The molecule has 3 saturated heterocycles. The Hall–Kier alpha value is -3.45. The van der Waals surface area contributed by atoms with Crippen LogP contribution in [0.5, 0.6) is 6.01 Å². The van der Waals surface area contributed by atoms with E-state index in [1.807, 2.05) is 11.8 Å². The number of nitrogens with two attached hydrogens (primary N) is 1. The van der Waals surface area contributed by atoms with E-state index in [0.29, 0.717) is 49.0 Å². The molecule has 44 heavy (non-hydrogen) atoms. The van der Waals surface area contributed by atoms with Crippen molar-refractivity contribution in [2.75, 3.05) is 56.6 Å². The van der Waals surface area contributed by atoms with Crippen LogP contribution in [-0.2, 0) is 16.6 Å². The SMILES string of the molecule is C[C@@]1(O)COCCN(c2nc(OC[C@@]34CCCN3C[C@H](F)C4)nc(-c3noc([C@@]4(C)CCCc5sc(N)c(C#N)c54)n3)n2)C1. The van der Waals surface area contributed by atoms with E-state index < -0.39 is 17.2 Å². The molecule has 15 heteroatoms. The second-order valence-electron chi connectivity index (χ2n) is 12.9. The summed E-state index contributed by atoms with van der Waals surface area (Å²) in [5.41, 5.74) is 5.30. The van der Waals surface area contributed by atoms with Crippen LogP contribution in [0.1, 0.15) is 67.8 Å². The number of hydrogen-bond donors (Lipinski definition) is 2. The van der Waals surface area contributed by atoms with Crippen molar-refractivity contribution in [3.8, 4) is 23.7 Å². The van der Waals surface area contributed by atoms with Crippen LogP contribution >= 0.6 is 11.3 Å². The molecule has 3 N–H and O–H groups in total. The summed E-state index contributed by atoms with van der Waals surface area (Å²) in [5, 5.41) is 25.5. The van der Waals surface area contributed by atoms with E-state index in [-0.39, 0.29) is 48.9 Å². The van der Waals surface area contributed by atoms with Gasteiger partial charge in [0.05, 0.1) is 36.3 Å². The molecule has 0 amide bonds. The average molecular weight is 626 g/mol. The molecule has 0 unspecified atom stereocenters. The maximum atomic E-state index is 14.4. The molecular formula is C29H36FN9O4S. The van der Waals surface area contributed by atoms with Gasteiger partial charge in [-0.05, 0) is 52.5 Å². The molecule has 3 aromatic heterocycles. The lowest BCUT2D eigenvalue weighted by atomic mass is 9.72. The first-order valence-corrected chi connectivity index (χ1v) is 15.9. The summed E-state index contributed by atoms with van der Waals surface area (Å²) in [5.74, 6) is 0.914. The molecule has 0 spiro atoms. The predicted molar refractivity (Wildman–Crippen MR) is 158 cm³/mol. The van der Waals surface area contributed by atoms with Crippen LogP contribution in [0.4, 0.5) is 15.3 Å². The van der Waals surface area contributed by atoms with E-state index in [0.717, 1.165) is 42.7 Å². The molecule has 1 aliphatic carbocycles. The Morgan fingerprint density at radius 3 is 2.89 bits per heavy atom. The number of nitriles is 1. The fourth-order valence-corrected chi connectivity index (χ4v) is 8.51. The van der Waals surface area contributed by atoms with Crippen molar-refractivity contribution in [2.45, 2.75) is 75.1 Å². The Morgan fingerprint density at radius 2 is 2.05 bits per heavy atom. The summed E-state index contributed by atoms with van der Waals surface area (Å²) < 4.78 is 32.1. The van der Waals surface area contributed by atoms with Gasteiger partial charge in [-0.15, -0.1) is 11.3 Å². The van der Waals surface area contributed by atoms with Crippen molar-refractivity contribution in [2.24, 2.45) is 0 Å². The first-order chi connectivity index (χ1) is 21.1. The number of nitrogens with zero attached hydrogens (tertiary/aromatic N) is 8. The summed E-state index contributed by atoms with van der Waals surface area (Å²) in [6.07, 6.45) is 3.79. The third-order valence-corrected chi connectivity index (χ3v) is 10.5. The fraction of sp³-hybridized carbons (Fsp3) is 0.655. The Bertz CT molecular complexity index is 1610. The molecule has 3 aromatic rings. The van der Waals surface area contributed by atoms with Crippen LogP contribution in [0, 0.1) is 11.3 Å². The number of aromatic nitrogens is 5. The summed E-state index contributed by atoms with van der Waals surface area (Å²) in [4.78, 5) is 23.7. The predicted octanol–water partition coefficient (Wildman–Crippen LogP) is 2.62. The lowest BCUT2D eigenvalue weighted by molar-refractivity contribution is -0.0123. The molecule has 3 fully saturated rings. The van der Waals surface area contributed by atoms with Gasteiger partial charge in [-0.1, -0.05) is 5.16 Å². The molecule has 7 rings (SSSR count). The van der Waals surface area contributed by atoms with Crippen molar-refractivity contribution >= 4 is 22.3 Å². The lowest BCUT2D eigenvalue weighted by Gasteiger charge is -2.31. The lowest BCUT2D eigenvalue weighted by Crippen LogP contribution is -2.44. The van der Waals surface area contributed by atoms with Crippen LogP contribution in [0.25, 0.3) is 11.6 Å². The number of anilines is 2. The molecule has 3 aliphatic heterocycles. The molecule has 4 aliphatic rings. The first-order valence-electron chi connectivity index (χ1n) is 15.1. The molecule has 0 aromatic carbocycles. The molecule has 13 nitrogen and oxygen atoms in total. The zero-order valence-corrected chi connectivity index (χ0v) is 25.7. The quantitative estimate of drug-likeness (QED) is 0.410. The van der Waals surface area contributed by atoms with Gasteiger partial charge in [-0.2, -0.15) is 25.2 Å². The highest BCUT2D eigenvalue weighted by Crippen LogP contribution is 2.48. The molecule has 234 valence electrons. The second kappa shape index (κ2) is 10.9. The smallest absolute Gasteiger partial charge is 0.321 e. The second-order valence-corrected chi connectivity index (χ2v) is 14.1. The zero-order valence-electron chi connectivity index (χ0n) is 24.9. The highest BCUT2D eigenvalue weighted by Gasteiger charge is 2.49. The first kappa shape index (κ1) is 29.3. The van der Waals surface area contributed by atoms with Crippen LogP contribution in [0.15, 0.2) is 4.52 Å². The minimum atomic E-state index is -1.12. The van der Waals surface area contributed by atoms with E-state index in [9.17, 15) is 14.8 Å². The van der Waals surface area contributed by atoms with Crippen LogP contribution in [0.2, 0.25) is 0 Å². The van der Waals surface area contributed by atoms with Gasteiger partial charge < -0.3 is 29.7 Å². The Morgan fingerprint density at radius 1 is 1.18 bits per heavy atom. The number of halogens is 1. The zero-order chi connectivity index (χ0) is 30.7. The number of β-amino-alcohol motifs (C(OH)–C–C–N with tert-alkyl or cyclic N) is 1. The monoisotopic (exact) mass is 625 g/mol. The van der Waals surface area contributed by atoms with Gasteiger partial charge in [0.2, 0.25) is 23.5 Å². The third kappa shape index (κ3) is 5.07. The Balaban J connectivity index is 1.25. The number of nitrogen functional groups attached to an aromatic ring is 1. The molecule has 0 bridgehead atoms. The number of aryl methyl sites for hydroxylation is 1. The van der Waals surface area contributed by atoms with Crippen molar-refractivity contribution in [1.29, 1.82) is 5.26 Å². The molecule has 4 atom stereocenters. The largest absolute Gasteiger partial charge is 0.461 e. The van der Waals surface area contributed by atoms with Crippen molar-refractivity contribution < 1.29 is 23.5 Å². The normalized spacial score (nSPS) is 30.5. The number of aliphatic hydroxyl groups is 1. The van der Waals surface area contributed by atoms with Gasteiger partial charge in [0.15, 0.2) is 0 Å². The van der Waals surface area contributed by atoms with Crippen LogP contribution in [-0.4, -0.2) is 98.4 Å². The summed E-state index contributed by atoms with van der Waals surface area (Å²) in [6.45, 7) is 6.41. The van der Waals surface area contributed by atoms with Crippen molar-refractivity contribution in [1.82, 2.24) is 30.0 Å². The number of rotatable bonds is 6. The molecule has 6 heterocycles. The summed E-state index contributed by atoms with van der Waals surface area (Å²) in [6, 6.07) is 2.33. The highest BCUT2D eigenvalue weighted by atomic mass is 32.1. The van der Waals surface area contributed by atoms with Crippen molar-refractivity contribution in [3.05, 3.63) is 21.9 Å². The third-order valence-electron chi connectivity index (χ3n) is 9.42. The van der Waals surface area contributed by atoms with Gasteiger partial charge in [-0.25, -0.2) is 4.39 Å². The summed E-state index contributed by atoms with van der Waals surface area (Å²) >= 11 is 1.44. The number of thiophene rings is 1. The number of alkyl halides is 1. The number of hydrogen-bond acceptors (Lipinski definition) is 14. The topological polar surface area (TPSA) is 173 Å². The maximum Gasteiger partial charge on any atom is 0.321 e. The van der Waals surface area contributed by atoms with Gasteiger partial charge in [0.25, 0.3) is 0 Å². The van der Waals surface area contributed by atoms with Gasteiger partial charge in [0.1, 0.15) is 29.4 Å². The van der Waals surface area contributed by atoms with E-state index in [1.165, 1.54) is 11.3 Å². The number of ether oxygens (including phenoxy) is 2. The Kier molecular flexibility index (Phi) is 7.23. The maximum absolute atomic E-state index is 14.4. The Labute approximate surface area is 258 Å². The molecule has 0 radical (unpaired) electrons. The minimum absolute atomic E-state index is 0.0632. The molecular weight excluding hydrogens is 589 g/mol. The van der Waals surface area contributed by atoms with E-state index in [4.69, 9.17) is 24.7 Å². The van der Waals surface area contributed by atoms with Crippen LogP contribution < -0.4 is 15.4 Å². The minimum Gasteiger partial charge on any atom is -0.461 e. The van der Waals surface area contributed by atoms with Gasteiger partial charge in [0, 0.05) is 30.0 Å². The van der Waals surface area contributed by atoms with Crippen LogP contribution in [0.3, 0.4) is 0 Å². The molecule has 0 saturated carbocycles. The van der Waals surface area contributed by atoms with Gasteiger partial charge >= 0.3 is 6.01 Å². The van der Waals surface area contributed by atoms with Crippen molar-refractivity contribution in [3.63, 3.8) is 0 Å². The average Bonchev–Trinajstić information content (AvgIpc) is 3.73. The van der Waals surface area contributed by atoms with E-state index >= 15 is 0 Å². The fourth-order valence-electron chi connectivity index (χ4n) is 7.32. The standard InChI is InChI=1S/C29H36FN9O4S/c1-27(40)14-38(9-10-41-15-27)25-34-22(35-26(36-25)42-16-29-7-4-8-39(29)13-17(30)11-29)23-33-24(43-37-23)28(2)6-3-5-19-20(28)18(12-31)21(32)44-19/h17,40H,3-11,13-16,32H2,1-2H3/t17-,27+,28+,29+/m1/s1. The highest BCUT2D eigenvalue weighted by molar-refractivity contribution is 7.16. The summed E-state index contributed by atoms with van der Waals surface area (Å²) in [7, 11) is 0. The number of fused-ring (bicyclic) bond motifs is 2. The van der Waals surface area contributed by atoms with E-state index in [2.05, 4.69) is 31.1 Å². The van der Waals surface area contributed by atoms with Gasteiger partial charge in [-0.3, -0.25) is 4.90 Å².